The molecule has 0 spiro atoms. The lowest BCUT2D eigenvalue weighted by Gasteiger charge is -2.38. The molecule has 2 fully saturated rings. The summed E-state index contributed by atoms with van der Waals surface area (Å²) in [6.07, 6.45) is 7.57. The highest BCUT2D eigenvalue weighted by Gasteiger charge is 2.33. The lowest BCUT2D eigenvalue weighted by atomic mass is 9.95. The van der Waals surface area contributed by atoms with E-state index in [4.69, 9.17) is 5.73 Å². The van der Waals surface area contributed by atoms with Crippen LogP contribution in [0.4, 0.5) is 0 Å². The zero-order valence-electron chi connectivity index (χ0n) is 15.4. The van der Waals surface area contributed by atoms with E-state index in [1.807, 2.05) is 18.7 Å². The van der Waals surface area contributed by atoms with E-state index in [2.05, 4.69) is 10.2 Å². The SMILES string of the molecule is CCCC(C)(N)C(=O)N1CCN(CC(=O)NC2CCCCC2)CC1. The van der Waals surface area contributed by atoms with Crippen LogP contribution >= 0.6 is 0 Å². The van der Waals surface area contributed by atoms with Gasteiger partial charge < -0.3 is 16.0 Å². The van der Waals surface area contributed by atoms with Crippen LogP contribution in [0.1, 0.15) is 58.8 Å². The zero-order chi connectivity index (χ0) is 17.6. The number of amides is 2. The van der Waals surface area contributed by atoms with E-state index in [9.17, 15) is 9.59 Å². The van der Waals surface area contributed by atoms with Gasteiger partial charge in [0.15, 0.2) is 0 Å². The number of hydrogen-bond acceptors (Lipinski definition) is 4. The van der Waals surface area contributed by atoms with Crippen LogP contribution in [-0.2, 0) is 9.59 Å². The molecule has 0 aromatic carbocycles. The Labute approximate surface area is 146 Å². The highest BCUT2D eigenvalue weighted by Crippen LogP contribution is 2.17. The number of nitrogens with zero attached hydrogens (tertiary/aromatic N) is 2. The van der Waals surface area contributed by atoms with E-state index in [1.165, 1.54) is 19.3 Å². The first-order valence-corrected chi connectivity index (χ1v) is 9.52. The molecule has 0 bridgehead atoms. The summed E-state index contributed by atoms with van der Waals surface area (Å²) >= 11 is 0. The Balaban J connectivity index is 1.72. The number of nitrogens with one attached hydrogen (secondary N) is 1. The molecular formula is C18H34N4O2. The third-order valence-electron chi connectivity index (χ3n) is 5.25. The molecule has 2 amide bonds. The fraction of sp³-hybridized carbons (Fsp3) is 0.889. The number of carbonyl (C=O) groups is 2. The zero-order valence-corrected chi connectivity index (χ0v) is 15.4. The van der Waals surface area contributed by atoms with Gasteiger partial charge in [-0.2, -0.15) is 0 Å². The number of hydrogen-bond donors (Lipinski definition) is 2. The van der Waals surface area contributed by atoms with Crippen molar-refractivity contribution in [2.45, 2.75) is 70.4 Å². The average Bonchev–Trinajstić information content (AvgIpc) is 2.55. The third kappa shape index (κ3) is 5.45. The summed E-state index contributed by atoms with van der Waals surface area (Å²) in [6, 6.07) is 0.362. The lowest BCUT2D eigenvalue weighted by molar-refractivity contribution is -0.138. The van der Waals surface area contributed by atoms with Crippen LogP contribution in [0, 0.1) is 0 Å². The van der Waals surface area contributed by atoms with Gasteiger partial charge in [-0.05, 0) is 26.2 Å². The minimum atomic E-state index is -0.769. The Hall–Kier alpha value is -1.14. The molecule has 138 valence electrons. The van der Waals surface area contributed by atoms with E-state index >= 15 is 0 Å². The summed E-state index contributed by atoms with van der Waals surface area (Å²) in [6.45, 7) is 7.10. The van der Waals surface area contributed by atoms with E-state index < -0.39 is 5.54 Å². The summed E-state index contributed by atoms with van der Waals surface area (Å²) < 4.78 is 0. The van der Waals surface area contributed by atoms with Gasteiger partial charge in [-0.15, -0.1) is 0 Å². The van der Waals surface area contributed by atoms with Crippen molar-refractivity contribution in [3.63, 3.8) is 0 Å². The van der Waals surface area contributed by atoms with Crippen molar-refractivity contribution in [1.82, 2.24) is 15.1 Å². The Morgan fingerprint density at radius 3 is 2.33 bits per heavy atom. The molecular weight excluding hydrogens is 304 g/mol. The largest absolute Gasteiger partial charge is 0.352 e. The first-order valence-electron chi connectivity index (χ1n) is 9.52. The van der Waals surface area contributed by atoms with Gasteiger partial charge in [-0.3, -0.25) is 14.5 Å². The maximum absolute atomic E-state index is 12.5. The molecule has 0 aromatic rings. The van der Waals surface area contributed by atoms with Crippen molar-refractivity contribution in [2.24, 2.45) is 5.73 Å². The summed E-state index contributed by atoms with van der Waals surface area (Å²) in [5, 5.41) is 3.16. The van der Waals surface area contributed by atoms with Crippen molar-refractivity contribution >= 4 is 11.8 Å². The van der Waals surface area contributed by atoms with Crippen molar-refractivity contribution in [3.8, 4) is 0 Å². The number of nitrogens with two attached hydrogens (primary N) is 1. The summed E-state index contributed by atoms with van der Waals surface area (Å²) in [5.41, 5.74) is 5.38. The second kappa shape index (κ2) is 8.81. The molecule has 1 aliphatic heterocycles. The fourth-order valence-electron chi connectivity index (χ4n) is 3.82. The van der Waals surface area contributed by atoms with Crippen molar-refractivity contribution < 1.29 is 9.59 Å². The molecule has 1 atom stereocenters. The Morgan fingerprint density at radius 1 is 1.12 bits per heavy atom. The molecule has 3 N–H and O–H groups in total. The molecule has 2 aliphatic rings. The fourth-order valence-corrected chi connectivity index (χ4v) is 3.82. The van der Waals surface area contributed by atoms with E-state index in [1.54, 1.807) is 0 Å². The predicted octanol–water partition coefficient (Wildman–Crippen LogP) is 1.10. The van der Waals surface area contributed by atoms with Crippen molar-refractivity contribution in [1.29, 1.82) is 0 Å². The van der Waals surface area contributed by atoms with Crippen LogP contribution in [-0.4, -0.2) is 65.9 Å². The molecule has 0 radical (unpaired) electrons. The lowest BCUT2D eigenvalue weighted by Crippen LogP contribution is -2.59. The first-order chi connectivity index (χ1) is 11.4. The Bertz CT molecular complexity index is 425. The number of carbonyl (C=O) groups excluding carboxylic acids is 2. The maximum atomic E-state index is 12.5. The van der Waals surface area contributed by atoms with Gasteiger partial charge in [-0.25, -0.2) is 0 Å². The van der Waals surface area contributed by atoms with Gasteiger partial charge in [0.25, 0.3) is 0 Å². The first kappa shape index (κ1) is 19.2. The standard InChI is InChI=1S/C18H34N4O2/c1-3-9-18(2,19)17(24)22-12-10-21(11-13-22)14-16(23)20-15-7-5-4-6-8-15/h15H,3-14,19H2,1-2H3,(H,20,23). The van der Waals surface area contributed by atoms with Gasteiger partial charge in [0.2, 0.25) is 11.8 Å². The van der Waals surface area contributed by atoms with Gasteiger partial charge in [-0.1, -0.05) is 32.6 Å². The molecule has 1 unspecified atom stereocenters. The summed E-state index contributed by atoms with van der Waals surface area (Å²) in [4.78, 5) is 28.7. The van der Waals surface area contributed by atoms with Gasteiger partial charge in [0.05, 0.1) is 12.1 Å². The maximum Gasteiger partial charge on any atom is 0.242 e. The molecule has 0 aromatic heterocycles. The Morgan fingerprint density at radius 2 is 1.75 bits per heavy atom. The van der Waals surface area contributed by atoms with Crippen LogP contribution < -0.4 is 11.1 Å². The average molecular weight is 338 g/mol. The second-order valence-corrected chi connectivity index (χ2v) is 7.64. The summed E-state index contributed by atoms with van der Waals surface area (Å²) in [5.74, 6) is 0.159. The molecule has 2 rings (SSSR count). The van der Waals surface area contributed by atoms with Crippen LogP contribution in [0.5, 0.6) is 0 Å². The van der Waals surface area contributed by atoms with E-state index in [0.717, 1.165) is 32.4 Å². The molecule has 24 heavy (non-hydrogen) atoms. The van der Waals surface area contributed by atoms with Crippen LogP contribution in [0.15, 0.2) is 0 Å². The number of piperazine rings is 1. The monoisotopic (exact) mass is 338 g/mol. The third-order valence-corrected chi connectivity index (χ3v) is 5.25. The van der Waals surface area contributed by atoms with Gasteiger partial charge in [0, 0.05) is 32.2 Å². The van der Waals surface area contributed by atoms with Crippen LogP contribution in [0.25, 0.3) is 0 Å². The highest BCUT2D eigenvalue weighted by molar-refractivity contribution is 5.85. The normalized spacial score (nSPS) is 22.9. The minimum Gasteiger partial charge on any atom is -0.352 e. The van der Waals surface area contributed by atoms with Gasteiger partial charge >= 0.3 is 0 Å². The van der Waals surface area contributed by atoms with E-state index in [-0.39, 0.29) is 11.8 Å². The van der Waals surface area contributed by atoms with E-state index in [0.29, 0.717) is 32.1 Å². The highest BCUT2D eigenvalue weighted by atomic mass is 16.2. The smallest absolute Gasteiger partial charge is 0.242 e. The second-order valence-electron chi connectivity index (χ2n) is 7.64. The molecule has 6 nitrogen and oxygen atoms in total. The topological polar surface area (TPSA) is 78.7 Å². The quantitative estimate of drug-likeness (QED) is 0.760. The minimum absolute atomic E-state index is 0.0376. The van der Waals surface area contributed by atoms with Crippen LogP contribution in [0.2, 0.25) is 0 Å². The van der Waals surface area contributed by atoms with Crippen molar-refractivity contribution in [2.75, 3.05) is 32.7 Å². The Kier molecular flexibility index (Phi) is 7.04. The van der Waals surface area contributed by atoms with Crippen LogP contribution in [0.3, 0.4) is 0 Å². The predicted molar refractivity (Wildman–Crippen MR) is 95.5 cm³/mol. The molecule has 1 saturated carbocycles. The van der Waals surface area contributed by atoms with Gasteiger partial charge in [0.1, 0.15) is 0 Å². The number of rotatable bonds is 6. The molecule has 6 heteroatoms. The summed E-state index contributed by atoms with van der Waals surface area (Å²) in [7, 11) is 0. The molecule has 1 heterocycles. The molecule has 1 saturated heterocycles. The molecule has 1 aliphatic carbocycles. The van der Waals surface area contributed by atoms with Crippen molar-refractivity contribution in [3.05, 3.63) is 0 Å².